The molecule has 0 aliphatic carbocycles. The number of nitrogens with zero attached hydrogens (tertiary/aromatic N) is 1. The molecule has 0 amide bonds. The number of rotatable bonds is 10. The van der Waals surface area contributed by atoms with Gasteiger partial charge < -0.3 is 10.2 Å². The highest BCUT2D eigenvalue weighted by molar-refractivity contribution is 5.56. The number of hydrogen-bond acceptors (Lipinski definition) is 2. The van der Waals surface area contributed by atoms with E-state index in [9.17, 15) is 0 Å². The molecule has 1 aromatic carbocycles. The van der Waals surface area contributed by atoms with Gasteiger partial charge in [-0.1, -0.05) is 66.0 Å². The molecule has 2 heteroatoms. The summed E-state index contributed by atoms with van der Waals surface area (Å²) in [5.74, 6) is 0.649. The molecule has 0 aromatic heterocycles. The van der Waals surface area contributed by atoms with Crippen molar-refractivity contribution in [3.05, 3.63) is 29.3 Å². The van der Waals surface area contributed by atoms with E-state index in [1.165, 1.54) is 81.4 Å². The van der Waals surface area contributed by atoms with Crippen LogP contribution >= 0.6 is 0 Å². The Bertz CT molecular complexity index is 434. The zero-order chi connectivity index (χ0) is 18.5. The van der Waals surface area contributed by atoms with E-state index in [2.05, 4.69) is 63.0 Å². The minimum atomic E-state index is 0.649. The fraction of sp³-hybridized carbons (Fsp3) is 0.739. The van der Waals surface area contributed by atoms with Crippen LogP contribution in [0.3, 0.4) is 0 Å². The van der Waals surface area contributed by atoms with Crippen molar-refractivity contribution < 1.29 is 0 Å². The molecule has 1 N–H and O–H groups in total. The van der Waals surface area contributed by atoms with Gasteiger partial charge in [-0.15, -0.1) is 0 Å². The van der Waals surface area contributed by atoms with Crippen molar-refractivity contribution >= 4 is 5.69 Å². The van der Waals surface area contributed by atoms with Crippen molar-refractivity contribution in [1.29, 1.82) is 0 Å². The summed E-state index contributed by atoms with van der Waals surface area (Å²) in [4.78, 5) is 2.64. The molecule has 1 aromatic rings. The molecule has 1 aliphatic heterocycles. The van der Waals surface area contributed by atoms with Gasteiger partial charge in [-0.05, 0) is 68.4 Å². The van der Waals surface area contributed by atoms with E-state index in [-0.39, 0.29) is 0 Å². The first-order chi connectivity index (χ1) is 12.1. The lowest BCUT2D eigenvalue weighted by molar-refractivity contribution is 0.261. The average Bonchev–Trinajstić information content (AvgIpc) is 3.09. The van der Waals surface area contributed by atoms with Crippen LogP contribution in [0.25, 0.3) is 0 Å². The van der Waals surface area contributed by atoms with Crippen molar-refractivity contribution in [3.8, 4) is 0 Å². The average molecular weight is 347 g/mol. The molecule has 0 atom stereocenters. The number of nitrogens with one attached hydrogen (secondary N) is 1. The maximum absolute atomic E-state index is 3.37. The normalized spacial score (nSPS) is 12.8. The summed E-state index contributed by atoms with van der Waals surface area (Å²) < 4.78 is 0. The Morgan fingerprint density at radius 3 is 1.96 bits per heavy atom. The van der Waals surface area contributed by atoms with Crippen molar-refractivity contribution in [2.75, 3.05) is 31.5 Å². The molecule has 2 rings (SSSR count). The SMILES string of the molecule is CC(C)c1ccc2c(c1)CCN2.CCCCN(CCCC)CCCC. The minimum absolute atomic E-state index is 0.649. The fourth-order valence-electron chi connectivity index (χ4n) is 3.16. The maximum atomic E-state index is 3.37. The molecule has 2 nitrogen and oxygen atoms in total. The standard InChI is InChI=1S/C12H27N.C11H15N/c1-4-7-10-13(11-8-5-2)12-9-6-3;1-8(2)9-3-4-11-10(7-9)5-6-12-11/h4-12H2,1-3H3;3-4,7-8,12H,5-6H2,1-2H3. The van der Waals surface area contributed by atoms with Crippen LogP contribution in [0.4, 0.5) is 5.69 Å². The Morgan fingerprint density at radius 2 is 1.48 bits per heavy atom. The summed E-state index contributed by atoms with van der Waals surface area (Å²) in [6.45, 7) is 16.4. The predicted octanol–water partition coefficient (Wildman–Crippen LogP) is 6.47. The monoisotopic (exact) mass is 346 g/mol. The van der Waals surface area contributed by atoms with Crippen LogP contribution in [0.5, 0.6) is 0 Å². The third-order valence-electron chi connectivity index (χ3n) is 4.99. The lowest BCUT2D eigenvalue weighted by Crippen LogP contribution is -2.27. The Kier molecular flexibility index (Phi) is 11.6. The molecule has 0 bridgehead atoms. The molecule has 1 aliphatic rings. The smallest absolute Gasteiger partial charge is 0.0373 e. The number of unbranched alkanes of at least 4 members (excludes halogenated alkanes) is 3. The van der Waals surface area contributed by atoms with Gasteiger partial charge in [-0.2, -0.15) is 0 Å². The zero-order valence-electron chi connectivity index (χ0n) is 17.5. The van der Waals surface area contributed by atoms with Crippen LogP contribution < -0.4 is 5.32 Å². The quantitative estimate of drug-likeness (QED) is 0.522. The van der Waals surface area contributed by atoms with Gasteiger partial charge in [0.1, 0.15) is 0 Å². The summed E-state index contributed by atoms with van der Waals surface area (Å²) >= 11 is 0. The zero-order valence-corrected chi connectivity index (χ0v) is 17.5. The Balaban J connectivity index is 0.000000250. The van der Waals surface area contributed by atoms with Gasteiger partial charge in [0.15, 0.2) is 0 Å². The summed E-state index contributed by atoms with van der Waals surface area (Å²) in [6.07, 6.45) is 9.28. The molecule has 0 unspecified atom stereocenters. The van der Waals surface area contributed by atoms with Crippen molar-refractivity contribution in [1.82, 2.24) is 4.90 Å². The van der Waals surface area contributed by atoms with Crippen LogP contribution in [0, 0.1) is 0 Å². The first kappa shape index (κ1) is 22.0. The van der Waals surface area contributed by atoms with E-state index < -0.39 is 0 Å². The van der Waals surface area contributed by atoms with Crippen LogP contribution in [0.15, 0.2) is 18.2 Å². The van der Waals surface area contributed by atoms with E-state index in [0.717, 1.165) is 6.54 Å². The number of benzene rings is 1. The Hall–Kier alpha value is -1.02. The Labute approximate surface area is 157 Å². The molecule has 0 fully saturated rings. The molecule has 0 spiro atoms. The summed E-state index contributed by atoms with van der Waals surface area (Å²) in [5.41, 5.74) is 4.28. The van der Waals surface area contributed by atoms with Gasteiger partial charge in [0.25, 0.3) is 0 Å². The highest BCUT2D eigenvalue weighted by atomic mass is 15.1. The van der Waals surface area contributed by atoms with Gasteiger partial charge >= 0.3 is 0 Å². The molecular weight excluding hydrogens is 304 g/mol. The fourth-order valence-corrected chi connectivity index (χ4v) is 3.16. The van der Waals surface area contributed by atoms with Gasteiger partial charge in [-0.25, -0.2) is 0 Å². The number of hydrogen-bond donors (Lipinski definition) is 1. The van der Waals surface area contributed by atoms with Crippen LogP contribution in [-0.4, -0.2) is 31.1 Å². The molecule has 0 saturated carbocycles. The maximum Gasteiger partial charge on any atom is 0.0373 e. The number of anilines is 1. The minimum Gasteiger partial charge on any atom is -0.384 e. The van der Waals surface area contributed by atoms with E-state index in [4.69, 9.17) is 0 Å². The Morgan fingerprint density at radius 1 is 0.920 bits per heavy atom. The number of fused-ring (bicyclic) bond motifs is 1. The first-order valence-corrected chi connectivity index (χ1v) is 10.7. The van der Waals surface area contributed by atoms with Crippen LogP contribution in [0.2, 0.25) is 0 Å². The molecular formula is C23H42N2. The van der Waals surface area contributed by atoms with Crippen molar-refractivity contribution in [3.63, 3.8) is 0 Å². The second-order valence-corrected chi connectivity index (χ2v) is 7.65. The predicted molar refractivity (Wildman–Crippen MR) is 114 cm³/mol. The van der Waals surface area contributed by atoms with Gasteiger partial charge in [-0.3, -0.25) is 0 Å². The van der Waals surface area contributed by atoms with Gasteiger partial charge in [0.2, 0.25) is 0 Å². The first-order valence-electron chi connectivity index (χ1n) is 10.7. The third kappa shape index (κ3) is 8.76. The molecule has 0 saturated heterocycles. The highest BCUT2D eigenvalue weighted by Crippen LogP contribution is 2.26. The largest absolute Gasteiger partial charge is 0.384 e. The van der Waals surface area contributed by atoms with E-state index in [0.29, 0.717) is 5.92 Å². The second kappa shape index (κ2) is 13.2. The summed E-state index contributed by atoms with van der Waals surface area (Å²) in [5, 5.41) is 3.37. The van der Waals surface area contributed by atoms with Crippen molar-refractivity contribution in [2.45, 2.75) is 85.5 Å². The van der Waals surface area contributed by atoms with Crippen molar-refractivity contribution in [2.24, 2.45) is 0 Å². The molecule has 144 valence electrons. The summed E-state index contributed by atoms with van der Waals surface area (Å²) in [7, 11) is 0. The highest BCUT2D eigenvalue weighted by Gasteiger charge is 2.10. The molecule has 0 radical (unpaired) electrons. The second-order valence-electron chi connectivity index (χ2n) is 7.65. The van der Waals surface area contributed by atoms with Gasteiger partial charge in [0, 0.05) is 12.2 Å². The third-order valence-corrected chi connectivity index (χ3v) is 4.99. The molecule has 1 heterocycles. The van der Waals surface area contributed by atoms with E-state index in [1.54, 1.807) is 0 Å². The van der Waals surface area contributed by atoms with Crippen LogP contribution in [0.1, 0.15) is 90.2 Å². The van der Waals surface area contributed by atoms with Crippen LogP contribution in [-0.2, 0) is 6.42 Å². The lowest BCUT2D eigenvalue weighted by atomic mass is 10.00. The lowest BCUT2D eigenvalue weighted by Gasteiger charge is -2.21. The van der Waals surface area contributed by atoms with Gasteiger partial charge in [0.05, 0.1) is 0 Å². The van der Waals surface area contributed by atoms with E-state index in [1.807, 2.05) is 0 Å². The molecule has 25 heavy (non-hydrogen) atoms. The topological polar surface area (TPSA) is 15.3 Å². The summed E-state index contributed by atoms with van der Waals surface area (Å²) in [6, 6.07) is 6.76. The van der Waals surface area contributed by atoms with E-state index >= 15 is 0 Å².